The van der Waals surface area contributed by atoms with Crippen LogP contribution in [0.25, 0.3) is 33.1 Å². The Hall–Kier alpha value is -2.44. The third-order valence-corrected chi connectivity index (χ3v) is 6.73. The molecule has 0 spiro atoms. The molecule has 0 atom stereocenters. The summed E-state index contributed by atoms with van der Waals surface area (Å²) in [6, 6.07) is 20.5. The molecule has 0 radical (unpaired) electrons. The van der Waals surface area contributed by atoms with Crippen LogP contribution in [-0.2, 0) is 6.54 Å². The molecule has 2 heterocycles. The summed E-state index contributed by atoms with van der Waals surface area (Å²) in [7, 11) is 0. The van der Waals surface area contributed by atoms with Crippen molar-refractivity contribution in [1.82, 2.24) is 14.5 Å². The lowest BCUT2D eigenvalue weighted by molar-refractivity contribution is 0.303. The number of para-hydroxylation sites is 3. The first-order valence-corrected chi connectivity index (χ1v) is 12.5. The van der Waals surface area contributed by atoms with E-state index in [0.717, 1.165) is 66.4 Å². The second-order valence-electron chi connectivity index (χ2n) is 7.92. The third kappa shape index (κ3) is 4.02. The van der Waals surface area contributed by atoms with Gasteiger partial charge in [0, 0.05) is 19.9 Å². The number of hydrogen-bond acceptors (Lipinski definition) is 3. The molecule has 0 fully saturated rings. The molecule has 4 nitrogen and oxygen atoms in total. The van der Waals surface area contributed by atoms with Gasteiger partial charge in [-0.1, -0.05) is 66.0 Å². The average Bonchev–Trinajstić information content (AvgIpc) is 3.09. The van der Waals surface area contributed by atoms with E-state index in [-0.39, 0.29) is 0 Å². The molecule has 32 heavy (non-hydrogen) atoms. The number of benzene rings is 3. The van der Waals surface area contributed by atoms with Crippen molar-refractivity contribution in [3.63, 3.8) is 0 Å². The Balaban J connectivity index is 1.68. The molecule has 0 bridgehead atoms. The van der Waals surface area contributed by atoms with Gasteiger partial charge in [0.15, 0.2) is 5.65 Å². The SMILES string of the molecule is CCCCCOc1ccccc1Cn1c2nc3ccccc3nc2c2cc(Br)cc(Br)c21. The minimum absolute atomic E-state index is 0.650. The fourth-order valence-electron chi connectivity index (χ4n) is 4.12. The van der Waals surface area contributed by atoms with E-state index in [9.17, 15) is 0 Å². The Morgan fingerprint density at radius 2 is 1.66 bits per heavy atom. The molecule has 5 aromatic rings. The molecule has 2 aromatic heterocycles. The number of aromatic nitrogens is 3. The van der Waals surface area contributed by atoms with Crippen LogP contribution in [0.15, 0.2) is 69.6 Å². The van der Waals surface area contributed by atoms with Crippen LogP contribution in [0.1, 0.15) is 31.7 Å². The molecule has 0 saturated carbocycles. The summed E-state index contributed by atoms with van der Waals surface area (Å²) in [5.74, 6) is 0.931. The van der Waals surface area contributed by atoms with Gasteiger partial charge in [-0.05, 0) is 52.7 Å². The number of fused-ring (bicyclic) bond motifs is 4. The van der Waals surface area contributed by atoms with E-state index in [1.54, 1.807) is 0 Å². The van der Waals surface area contributed by atoms with Crippen molar-refractivity contribution in [3.8, 4) is 5.75 Å². The molecular formula is C26H23Br2N3O. The number of rotatable bonds is 7. The third-order valence-electron chi connectivity index (χ3n) is 5.67. The van der Waals surface area contributed by atoms with Crippen LogP contribution >= 0.6 is 31.9 Å². The van der Waals surface area contributed by atoms with Crippen LogP contribution in [0.3, 0.4) is 0 Å². The highest BCUT2D eigenvalue weighted by Crippen LogP contribution is 2.36. The largest absolute Gasteiger partial charge is 0.493 e. The standard InChI is InChI=1S/C26H23Br2N3O/c1-2-3-8-13-32-23-12-7-4-9-17(23)16-31-25-19(14-18(27)15-20(25)28)24-26(31)30-22-11-6-5-10-21(22)29-24/h4-7,9-12,14-15H,2-3,8,13,16H2,1H3. The fourth-order valence-corrected chi connectivity index (χ4v) is 5.56. The lowest BCUT2D eigenvalue weighted by Crippen LogP contribution is -2.05. The summed E-state index contributed by atoms with van der Waals surface area (Å²) >= 11 is 7.43. The smallest absolute Gasteiger partial charge is 0.160 e. The molecule has 0 N–H and O–H groups in total. The topological polar surface area (TPSA) is 39.9 Å². The van der Waals surface area contributed by atoms with Gasteiger partial charge in [0.1, 0.15) is 11.3 Å². The molecule has 5 rings (SSSR count). The van der Waals surface area contributed by atoms with E-state index < -0.39 is 0 Å². The number of hydrogen-bond donors (Lipinski definition) is 0. The molecular weight excluding hydrogens is 530 g/mol. The fraction of sp³-hybridized carbons (Fsp3) is 0.231. The predicted octanol–water partition coefficient (Wildman–Crippen LogP) is 7.88. The summed E-state index contributed by atoms with van der Waals surface area (Å²) in [5, 5.41) is 1.07. The van der Waals surface area contributed by atoms with Crippen LogP contribution in [0, 0.1) is 0 Å². The quantitative estimate of drug-likeness (QED) is 0.193. The summed E-state index contributed by atoms with van der Waals surface area (Å²) in [5.41, 5.74) is 5.78. The molecule has 0 aliphatic heterocycles. The summed E-state index contributed by atoms with van der Waals surface area (Å²) in [4.78, 5) is 10.0. The van der Waals surface area contributed by atoms with Crippen molar-refractivity contribution in [2.24, 2.45) is 0 Å². The van der Waals surface area contributed by atoms with Gasteiger partial charge in [-0.15, -0.1) is 0 Å². The van der Waals surface area contributed by atoms with Gasteiger partial charge < -0.3 is 9.30 Å². The lowest BCUT2D eigenvalue weighted by Gasteiger charge is -2.14. The van der Waals surface area contributed by atoms with Crippen molar-refractivity contribution in [2.45, 2.75) is 32.7 Å². The van der Waals surface area contributed by atoms with Gasteiger partial charge in [-0.25, -0.2) is 9.97 Å². The summed E-state index contributed by atoms with van der Waals surface area (Å²) in [6.45, 7) is 3.59. The summed E-state index contributed by atoms with van der Waals surface area (Å²) in [6.07, 6.45) is 3.43. The molecule has 6 heteroatoms. The van der Waals surface area contributed by atoms with Crippen molar-refractivity contribution >= 4 is 65.0 Å². The Morgan fingerprint density at radius 1 is 0.906 bits per heavy atom. The van der Waals surface area contributed by atoms with Gasteiger partial charge in [0.25, 0.3) is 0 Å². The maximum Gasteiger partial charge on any atom is 0.160 e. The molecule has 162 valence electrons. The minimum Gasteiger partial charge on any atom is -0.493 e. The molecule has 0 aliphatic rings. The molecule has 0 amide bonds. The minimum atomic E-state index is 0.650. The zero-order valence-electron chi connectivity index (χ0n) is 17.8. The first kappa shape index (κ1) is 21.4. The summed E-state index contributed by atoms with van der Waals surface area (Å²) < 4.78 is 10.4. The lowest BCUT2D eigenvalue weighted by atomic mass is 10.2. The highest BCUT2D eigenvalue weighted by molar-refractivity contribution is 9.11. The maximum absolute atomic E-state index is 6.16. The van der Waals surface area contributed by atoms with Crippen LogP contribution in [0.2, 0.25) is 0 Å². The molecule has 0 saturated heterocycles. The van der Waals surface area contributed by atoms with E-state index in [1.807, 2.05) is 30.3 Å². The highest BCUT2D eigenvalue weighted by Gasteiger charge is 2.19. The van der Waals surface area contributed by atoms with Gasteiger partial charge in [-0.3, -0.25) is 0 Å². The highest BCUT2D eigenvalue weighted by atomic mass is 79.9. The first-order valence-electron chi connectivity index (χ1n) is 10.9. The Morgan fingerprint density at radius 3 is 2.47 bits per heavy atom. The zero-order chi connectivity index (χ0) is 22.1. The van der Waals surface area contributed by atoms with Crippen molar-refractivity contribution in [2.75, 3.05) is 6.61 Å². The molecule has 0 unspecified atom stereocenters. The van der Waals surface area contributed by atoms with E-state index in [1.165, 1.54) is 12.8 Å². The van der Waals surface area contributed by atoms with Crippen molar-refractivity contribution in [3.05, 3.63) is 75.2 Å². The van der Waals surface area contributed by atoms with Crippen molar-refractivity contribution in [1.29, 1.82) is 0 Å². The van der Waals surface area contributed by atoms with Gasteiger partial charge >= 0.3 is 0 Å². The van der Waals surface area contributed by atoms with Crippen LogP contribution < -0.4 is 4.74 Å². The van der Waals surface area contributed by atoms with Gasteiger partial charge in [0.05, 0.1) is 29.7 Å². The first-order chi connectivity index (χ1) is 15.7. The van der Waals surface area contributed by atoms with Crippen LogP contribution in [-0.4, -0.2) is 21.1 Å². The van der Waals surface area contributed by atoms with E-state index >= 15 is 0 Å². The number of halogens is 2. The Labute approximate surface area is 203 Å². The second kappa shape index (κ2) is 9.20. The van der Waals surface area contributed by atoms with E-state index in [4.69, 9.17) is 14.7 Å². The normalized spacial score (nSPS) is 11.6. The number of nitrogens with zero attached hydrogens (tertiary/aromatic N) is 3. The number of ether oxygens (including phenoxy) is 1. The second-order valence-corrected chi connectivity index (χ2v) is 9.69. The maximum atomic E-state index is 6.16. The van der Waals surface area contributed by atoms with Crippen LogP contribution in [0.5, 0.6) is 5.75 Å². The average molecular weight is 553 g/mol. The van der Waals surface area contributed by atoms with Gasteiger partial charge in [0.2, 0.25) is 0 Å². The Bertz CT molecular complexity index is 1430. The monoisotopic (exact) mass is 551 g/mol. The van der Waals surface area contributed by atoms with E-state index in [2.05, 4.69) is 73.7 Å². The molecule has 0 aliphatic carbocycles. The predicted molar refractivity (Wildman–Crippen MR) is 139 cm³/mol. The Kier molecular flexibility index (Phi) is 6.15. The van der Waals surface area contributed by atoms with Crippen LogP contribution in [0.4, 0.5) is 0 Å². The zero-order valence-corrected chi connectivity index (χ0v) is 21.0. The van der Waals surface area contributed by atoms with Crippen molar-refractivity contribution < 1.29 is 4.74 Å². The van der Waals surface area contributed by atoms with Gasteiger partial charge in [-0.2, -0.15) is 0 Å². The molecule has 3 aromatic carbocycles. The van der Waals surface area contributed by atoms with E-state index in [0.29, 0.717) is 6.54 Å². The number of unbranched alkanes of at least 4 members (excludes halogenated alkanes) is 2.